The number of nitrogens with one attached hydrogen (secondary N) is 1. The van der Waals surface area contributed by atoms with E-state index in [0.717, 1.165) is 6.42 Å². The highest BCUT2D eigenvalue weighted by Crippen LogP contribution is 2.52. The van der Waals surface area contributed by atoms with Crippen LogP contribution in [0.15, 0.2) is 29.3 Å². The molecule has 82 valence electrons. The summed E-state index contributed by atoms with van der Waals surface area (Å²) < 4.78 is 0. The van der Waals surface area contributed by atoms with Gasteiger partial charge in [0.15, 0.2) is 0 Å². The summed E-state index contributed by atoms with van der Waals surface area (Å²) in [5.41, 5.74) is 4.62. The zero-order valence-electron chi connectivity index (χ0n) is 9.37. The summed E-state index contributed by atoms with van der Waals surface area (Å²) >= 11 is 0. The Labute approximate surface area is 95.8 Å². The van der Waals surface area contributed by atoms with Gasteiger partial charge in [0, 0.05) is 24.7 Å². The molecule has 2 nitrogen and oxygen atoms in total. The summed E-state index contributed by atoms with van der Waals surface area (Å²) in [6.07, 6.45) is 5.23. The first-order valence-corrected chi connectivity index (χ1v) is 6.24. The van der Waals surface area contributed by atoms with Gasteiger partial charge in [-0.15, -0.1) is 0 Å². The maximum absolute atomic E-state index is 4.78. The van der Waals surface area contributed by atoms with Gasteiger partial charge in [0.25, 0.3) is 0 Å². The predicted octanol–water partition coefficient (Wildman–Crippen LogP) is 2.46. The second-order valence-electron chi connectivity index (χ2n) is 5.55. The number of aliphatic imine (C=N–C) groups is 1. The molecule has 1 saturated heterocycles. The molecular formula is C14H16N2. The maximum atomic E-state index is 4.78. The monoisotopic (exact) mass is 212 g/mol. The number of hydrogen-bond acceptors (Lipinski definition) is 2. The molecule has 0 bridgehead atoms. The van der Waals surface area contributed by atoms with Gasteiger partial charge in [-0.2, -0.15) is 0 Å². The molecule has 1 atom stereocenters. The molecule has 2 aliphatic heterocycles. The van der Waals surface area contributed by atoms with E-state index in [4.69, 9.17) is 4.99 Å². The van der Waals surface area contributed by atoms with Gasteiger partial charge in [-0.25, -0.2) is 0 Å². The van der Waals surface area contributed by atoms with Crippen LogP contribution in [0.3, 0.4) is 0 Å². The van der Waals surface area contributed by atoms with Crippen LogP contribution in [0.2, 0.25) is 0 Å². The molecule has 0 aromatic heterocycles. The van der Waals surface area contributed by atoms with Crippen LogP contribution in [-0.2, 0) is 6.42 Å². The van der Waals surface area contributed by atoms with Crippen molar-refractivity contribution >= 4 is 11.4 Å². The van der Waals surface area contributed by atoms with Crippen molar-refractivity contribution in [1.82, 2.24) is 5.32 Å². The van der Waals surface area contributed by atoms with Crippen LogP contribution in [0.25, 0.3) is 0 Å². The van der Waals surface area contributed by atoms with Gasteiger partial charge in [0.05, 0.1) is 5.69 Å². The van der Waals surface area contributed by atoms with E-state index in [1.54, 1.807) is 0 Å². The quantitative estimate of drug-likeness (QED) is 0.759. The highest BCUT2D eigenvalue weighted by molar-refractivity contribution is 5.98. The Morgan fingerprint density at radius 3 is 2.88 bits per heavy atom. The number of hydrogen-bond donors (Lipinski definition) is 1. The normalized spacial score (nSPS) is 29.2. The summed E-state index contributed by atoms with van der Waals surface area (Å²) in [6, 6.07) is 9.07. The zero-order chi connectivity index (χ0) is 10.6. The minimum atomic E-state index is 0.551. The molecule has 16 heavy (non-hydrogen) atoms. The number of rotatable bonds is 1. The van der Waals surface area contributed by atoms with Crippen molar-refractivity contribution in [2.75, 3.05) is 6.54 Å². The Hall–Kier alpha value is -1.15. The third-order valence-corrected chi connectivity index (χ3v) is 4.35. The summed E-state index contributed by atoms with van der Waals surface area (Å²) in [6.45, 7) is 1.22. The van der Waals surface area contributed by atoms with Gasteiger partial charge in [0.2, 0.25) is 0 Å². The molecule has 1 saturated carbocycles. The van der Waals surface area contributed by atoms with Crippen LogP contribution < -0.4 is 5.32 Å². The first-order chi connectivity index (χ1) is 7.85. The summed E-state index contributed by atoms with van der Waals surface area (Å²) in [5.74, 6) is 0. The molecule has 1 aromatic rings. The minimum Gasteiger partial charge on any atom is -0.308 e. The van der Waals surface area contributed by atoms with Crippen LogP contribution >= 0.6 is 0 Å². The van der Waals surface area contributed by atoms with Crippen molar-refractivity contribution < 1.29 is 0 Å². The van der Waals surface area contributed by atoms with Crippen molar-refractivity contribution in [1.29, 1.82) is 0 Å². The summed E-state index contributed by atoms with van der Waals surface area (Å²) in [4.78, 5) is 4.78. The third kappa shape index (κ3) is 1.26. The Bertz CT molecular complexity index is 471. The van der Waals surface area contributed by atoms with E-state index in [1.807, 2.05) is 0 Å². The molecule has 2 fully saturated rings. The van der Waals surface area contributed by atoms with E-state index >= 15 is 0 Å². The topological polar surface area (TPSA) is 24.4 Å². The predicted molar refractivity (Wildman–Crippen MR) is 65.3 cm³/mol. The smallest absolute Gasteiger partial charge is 0.0665 e. The first-order valence-electron chi connectivity index (χ1n) is 6.24. The zero-order valence-corrected chi connectivity index (χ0v) is 9.37. The Morgan fingerprint density at radius 1 is 1.25 bits per heavy atom. The van der Waals surface area contributed by atoms with Crippen LogP contribution in [0.5, 0.6) is 0 Å². The number of nitrogens with zero attached hydrogens (tertiary/aromatic N) is 1. The number of benzene rings is 1. The van der Waals surface area contributed by atoms with Crippen LogP contribution in [0, 0.1) is 5.41 Å². The SMILES string of the molecule is c1ccc2c(c1)CC([C@@H]1CC3(CC3)CN1)=N2. The second kappa shape index (κ2) is 2.95. The molecular weight excluding hydrogens is 196 g/mol. The lowest BCUT2D eigenvalue weighted by molar-refractivity contribution is 0.568. The number of fused-ring (bicyclic) bond motifs is 1. The van der Waals surface area contributed by atoms with Crippen LogP contribution in [0.1, 0.15) is 24.8 Å². The highest BCUT2D eigenvalue weighted by Gasteiger charge is 2.49. The van der Waals surface area contributed by atoms with Crippen molar-refractivity contribution in [2.24, 2.45) is 10.4 Å². The Kier molecular flexibility index (Phi) is 1.65. The maximum Gasteiger partial charge on any atom is 0.0665 e. The lowest BCUT2D eigenvalue weighted by atomic mass is 9.98. The molecule has 0 unspecified atom stereocenters. The molecule has 2 heterocycles. The fraction of sp³-hybridized carbons (Fsp3) is 0.500. The van der Waals surface area contributed by atoms with E-state index in [0.29, 0.717) is 11.5 Å². The van der Waals surface area contributed by atoms with Crippen LogP contribution in [-0.4, -0.2) is 18.3 Å². The van der Waals surface area contributed by atoms with E-state index in [-0.39, 0.29) is 0 Å². The third-order valence-electron chi connectivity index (χ3n) is 4.35. The molecule has 1 aliphatic carbocycles. The van der Waals surface area contributed by atoms with Crippen molar-refractivity contribution in [3.63, 3.8) is 0 Å². The molecule has 1 aromatic carbocycles. The first kappa shape index (κ1) is 8.94. The standard InChI is InChI=1S/C14H16N2/c1-2-4-11-10(3-1)7-12(16-11)13-8-14(5-6-14)9-15-13/h1-4,13,15H,5-9H2/t13-/m0/s1. The number of para-hydroxylation sites is 1. The van der Waals surface area contributed by atoms with E-state index < -0.39 is 0 Å². The second-order valence-corrected chi connectivity index (χ2v) is 5.55. The summed E-state index contributed by atoms with van der Waals surface area (Å²) in [7, 11) is 0. The largest absolute Gasteiger partial charge is 0.308 e. The average molecular weight is 212 g/mol. The van der Waals surface area contributed by atoms with Gasteiger partial charge in [-0.05, 0) is 36.3 Å². The molecule has 4 rings (SSSR count). The fourth-order valence-corrected chi connectivity index (χ4v) is 3.07. The van der Waals surface area contributed by atoms with Gasteiger partial charge < -0.3 is 5.32 Å². The molecule has 1 N–H and O–H groups in total. The molecule has 3 aliphatic rings. The van der Waals surface area contributed by atoms with E-state index in [9.17, 15) is 0 Å². The van der Waals surface area contributed by atoms with Gasteiger partial charge in [-0.3, -0.25) is 4.99 Å². The highest BCUT2D eigenvalue weighted by atomic mass is 15.0. The minimum absolute atomic E-state index is 0.551. The van der Waals surface area contributed by atoms with Crippen molar-refractivity contribution in [3.05, 3.63) is 29.8 Å². The Balaban J connectivity index is 1.59. The summed E-state index contributed by atoms with van der Waals surface area (Å²) in [5, 5.41) is 3.66. The lowest BCUT2D eigenvalue weighted by Gasteiger charge is -2.09. The van der Waals surface area contributed by atoms with E-state index in [1.165, 1.54) is 42.8 Å². The fourth-order valence-electron chi connectivity index (χ4n) is 3.07. The molecule has 0 radical (unpaired) electrons. The van der Waals surface area contributed by atoms with Crippen LogP contribution in [0.4, 0.5) is 5.69 Å². The van der Waals surface area contributed by atoms with Crippen molar-refractivity contribution in [3.8, 4) is 0 Å². The van der Waals surface area contributed by atoms with Crippen molar-refractivity contribution in [2.45, 2.75) is 31.7 Å². The molecule has 1 spiro atoms. The average Bonchev–Trinajstić information content (AvgIpc) is 2.76. The molecule has 2 heteroatoms. The lowest BCUT2D eigenvalue weighted by Crippen LogP contribution is -2.30. The van der Waals surface area contributed by atoms with E-state index in [2.05, 4.69) is 29.6 Å². The Morgan fingerprint density at radius 2 is 2.12 bits per heavy atom. The molecule has 0 amide bonds. The van der Waals surface area contributed by atoms with Gasteiger partial charge in [-0.1, -0.05) is 18.2 Å². The van der Waals surface area contributed by atoms with Gasteiger partial charge >= 0.3 is 0 Å². The van der Waals surface area contributed by atoms with Gasteiger partial charge in [0.1, 0.15) is 0 Å².